The summed E-state index contributed by atoms with van der Waals surface area (Å²) >= 11 is 6.47. The third-order valence-corrected chi connectivity index (χ3v) is 6.19. The van der Waals surface area contributed by atoms with Gasteiger partial charge in [-0.25, -0.2) is 4.79 Å². The topological polar surface area (TPSA) is 60.9 Å². The van der Waals surface area contributed by atoms with Crippen molar-refractivity contribution in [1.82, 2.24) is 14.7 Å². The first-order chi connectivity index (χ1) is 13.9. The van der Waals surface area contributed by atoms with Crippen LogP contribution in [0.5, 0.6) is 0 Å². The van der Waals surface area contributed by atoms with Crippen molar-refractivity contribution in [1.29, 1.82) is 0 Å². The van der Waals surface area contributed by atoms with E-state index in [-0.39, 0.29) is 24.4 Å². The molecule has 29 heavy (non-hydrogen) atoms. The van der Waals surface area contributed by atoms with Gasteiger partial charge in [-0.2, -0.15) is 0 Å². The van der Waals surface area contributed by atoms with Crippen LogP contribution in [-0.2, 0) is 17.9 Å². The summed E-state index contributed by atoms with van der Waals surface area (Å²) in [7, 11) is 1.50. The van der Waals surface area contributed by atoms with Gasteiger partial charge >= 0.3 is 6.03 Å². The summed E-state index contributed by atoms with van der Waals surface area (Å²) in [5.74, 6) is -0.140. The van der Waals surface area contributed by atoms with Crippen molar-refractivity contribution in [2.45, 2.75) is 32.0 Å². The van der Waals surface area contributed by atoms with Crippen molar-refractivity contribution < 1.29 is 14.4 Å². The Hall–Kier alpha value is -2.86. The highest BCUT2D eigenvalue weighted by Gasteiger charge is 2.39. The number of hydrogen-bond donors (Lipinski definition) is 0. The largest absolute Gasteiger partial charge is 0.331 e. The maximum absolute atomic E-state index is 12.6. The number of halogens is 1. The van der Waals surface area contributed by atoms with Crippen LogP contribution in [0.2, 0.25) is 5.02 Å². The van der Waals surface area contributed by atoms with Gasteiger partial charge in [-0.1, -0.05) is 35.9 Å². The Morgan fingerprint density at radius 2 is 1.72 bits per heavy atom. The first kappa shape index (κ1) is 18.2. The molecule has 5 rings (SSSR count). The molecule has 1 aliphatic carbocycles. The van der Waals surface area contributed by atoms with E-state index in [1.807, 2.05) is 41.3 Å². The number of carbonyl (C=O) groups excluding carboxylic acids is 3. The van der Waals surface area contributed by atoms with Gasteiger partial charge in [-0.3, -0.25) is 14.5 Å². The van der Waals surface area contributed by atoms with E-state index in [4.69, 9.17) is 11.6 Å². The lowest BCUT2D eigenvalue weighted by atomic mass is 9.99. The van der Waals surface area contributed by atoms with Crippen LogP contribution in [0.1, 0.15) is 34.3 Å². The highest BCUT2D eigenvalue weighted by Crippen LogP contribution is 2.39. The Bertz CT molecular complexity index is 1050. The van der Waals surface area contributed by atoms with Crippen molar-refractivity contribution in [2.24, 2.45) is 0 Å². The van der Waals surface area contributed by atoms with E-state index >= 15 is 0 Å². The maximum Gasteiger partial charge on any atom is 0.327 e. The summed E-state index contributed by atoms with van der Waals surface area (Å²) in [6.07, 6.45) is 2.15. The highest BCUT2D eigenvalue weighted by atomic mass is 35.5. The van der Waals surface area contributed by atoms with Gasteiger partial charge in [0.2, 0.25) is 5.91 Å². The van der Waals surface area contributed by atoms with Gasteiger partial charge in [0, 0.05) is 26.2 Å². The maximum atomic E-state index is 12.6. The summed E-state index contributed by atoms with van der Waals surface area (Å²) in [5, 5.41) is 0.499. The van der Waals surface area contributed by atoms with Crippen molar-refractivity contribution >= 4 is 29.4 Å². The number of rotatable bonds is 4. The zero-order valence-corrected chi connectivity index (χ0v) is 16.8. The fourth-order valence-corrected chi connectivity index (χ4v) is 4.40. The minimum Gasteiger partial charge on any atom is -0.331 e. The van der Waals surface area contributed by atoms with Crippen molar-refractivity contribution in [2.75, 3.05) is 13.6 Å². The zero-order chi connectivity index (χ0) is 20.3. The molecule has 0 bridgehead atoms. The molecule has 0 aromatic heterocycles. The number of hydrogen-bond acceptors (Lipinski definition) is 3. The van der Waals surface area contributed by atoms with Crippen molar-refractivity contribution in [3.8, 4) is 11.1 Å². The summed E-state index contributed by atoms with van der Waals surface area (Å²) in [6.45, 7) is 1.14. The molecular formula is C22H20ClN3O3. The molecule has 2 aliphatic heterocycles. The normalized spacial score (nSPS) is 18.8. The Balaban J connectivity index is 1.37. The lowest BCUT2D eigenvalue weighted by Gasteiger charge is -2.15. The average molecular weight is 410 g/mol. The summed E-state index contributed by atoms with van der Waals surface area (Å²) in [5.41, 5.74) is 4.54. The Labute approximate surface area is 173 Å². The average Bonchev–Trinajstić information content (AvgIpc) is 3.45. The first-order valence-corrected chi connectivity index (χ1v) is 10.1. The van der Waals surface area contributed by atoms with Crippen LogP contribution in [0, 0.1) is 0 Å². The molecule has 3 aliphatic rings. The molecule has 148 valence electrons. The predicted octanol–water partition coefficient (Wildman–Crippen LogP) is 3.52. The fourth-order valence-electron chi connectivity index (χ4n) is 4.08. The van der Waals surface area contributed by atoms with E-state index in [1.54, 1.807) is 0 Å². The van der Waals surface area contributed by atoms with E-state index in [0.29, 0.717) is 29.7 Å². The SMILES string of the molecule is CN1C(=O)CN(Cc2ccc(-c3cc(Cl)c4c(c3)CN(C3CC3)C4=O)cc2)C1=O. The third-order valence-electron chi connectivity index (χ3n) is 5.89. The lowest BCUT2D eigenvalue weighted by Crippen LogP contribution is -2.29. The molecule has 0 unspecified atom stereocenters. The molecule has 2 aromatic rings. The smallest absolute Gasteiger partial charge is 0.327 e. The molecule has 0 atom stereocenters. The lowest BCUT2D eigenvalue weighted by molar-refractivity contribution is -0.124. The van der Waals surface area contributed by atoms with Gasteiger partial charge in [0.25, 0.3) is 5.91 Å². The standard InChI is InChI=1S/C22H20ClN3O3/c1-24-19(27)12-25(22(24)29)10-13-2-4-14(5-3-13)15-8-16-11-26(17-6-7-17)21(28)20(16)18(23)9-15/h2-5,8-9,17H,6-7,10-12H2,1H3. The minimum absolute atomic E-state index is 0.0455. The first-order valence-electron chi connectivity index (χ1n) is 9.70. The van der Waals surface area contributed by atoms with E-state index in [0.717, 1.165) is 40.0 Å². The van der Waals surface area contributed by atoms with Gasteiger partial charge in [-0.05, 0) is 47.2 Å². The summed E-state index contributed by atoms with van der Waals surface area (Å²) in [4.78, 5) is 40.9. The van der Waals surface area contributed by atoms with Crippen LogP contribution in [0.3, 0.4) is 0 Å². The van der Waals surface area contributed by atoms with Gasteiger partial charge in [-0.15, -0.1) is 0 Å². The molecule has 4 amide bonds. The van der Waals surface area contributed by atoms with Gasteiger partial charge < -0.3 is 9.80 Å². The molecule has 0 N–H and O–H groups in total. The summed E-state index contributed by atoms with van der Waals surface area (Å²) < 4.78 is 0. The number of fused-ring (bicyclic) bond motifs is 1. The number of benzene rings is 2. The Kier molecular flexibility index (Phi) is 4.13. The molecule has 2 aromatic carbocycles. The third kappa shape index (κ3) is 3.08. The number of urea groups is 1. The van der Waals surface area contributed by atoms with E-state index in [1.165, 1.54) is 11.9 Å². The second-order valence-electron chi connectivity index (χ2n) is 7.94. The molecule has 7 heteroatoms. The molecule has 2 heterocycles. The van der Waals surface area contributed by atoms with E-state index < -0.39 is 0 Å². The molecule has 0 radical (unpaired) electrons. The monoisotopic (exact) mass is 409 g/mol. The van der Waals surface area contributed by atoms with Crippen LogP contribution in [0.4, 0.5) is 4.79 Å². The van der Waals surface area contributed by atoms with Crippen LogP contribution in [-0.4, -0.2) is 52.2 Å². The molecule has 2 fully saturated rings. The molecular weight excluding hydrogens is 390 g/mol. The number of imide groups is 1. The van der Waals surface area contributed by atoms with Crippen molar-refractivity contribution in [3.05, 3.63) is 58.1 Å². The number of nitrogens with zero attached hydrogens (tertiary/aromatic N) is 3. The second-order valence-corrected chi connectivity index (χ2v) is 8.35. The zero-order valence-electron chi connectivity index (χ0n) is 16.0. The van der Waals surface area contributed by atoms with Crippen molar-refractivity contribution in [3.63, 3.8) is 0 Å². The fraction of sp³-hybridized carbons (Fsp3) is 0.318. The molecule has 0 spiro atoms. The number of carbonyl (C=O) groups is 3. The van der Waals surface area contributed by atoms with Crippen LogP contribution in [0.25, 0.3) is 11.1 Å². The Morgan fingerprint density at radius 1 is 1.00 bits per heavy atom. The van der Waals surface area contributed by atoms with E-state index in [2.05, 4.69) is 0 Å². The summed E-state index contributed by atoms with van der Waals surface area (Å²) in [6, 6.07) is 11.9. The number of amides is 4. The minimum atomic E-state index is -0.269. The molecule has 6 nitrogen and oxygen atoms in total. The quantitative estimate of drug-likeness (QED) is 0.726. The highest BCUT2D eigenvalue weighted by molar-refractivity contribution is 6.34. The second kappa shape index (κ2) is 6.59. The molecule has 1 saturated heterocycles. The van der Waals surface area contributed by atoms with Crippen LogP contribution in [0.15, 0.2) is 36.4 Å². The predicted molar refractivity (Wildman–Crippen MR) is 108 cm³/mol. The van der Waals surface area contributed by atoms with Crippen LogP contribution < -0.4 is 0 Å². The van der Waals surface area contributed by atoms with Gasteiger partial charge in [0.05, 0.1) is 10.6 Å². The van der Waals surface area contributed by atoms with Gasteiger partial charge in [0.15, 0.2) is 0 Å². The Morgan fingerprint density at radius 3 is 2.34 bits per heavy atom. The number of likely N-dealkylation sites (N-methyl/N-ethyl adjacent to an activating group) is 1. The van der Waals surface area contributed by atoms with Crippen LogP contribution >= 0.6 is 11.6 Å². The molecule has 1 saturated carbocycles. The van der Waals surface area contributed by atoms with Gasteiger partial charge in [0.1, 0.15) is 6.54 Å². The van der Waals surface area contributed by atoms with E-state index in [9.17, 15) is 14.4 Å².